The average molecular weight is 333 g/mol. The van der Waals surface area contributed by atoms with Crippen LogP contribution in [0.5, 0.6) is 0 Å². The molecule has 2 fully saturated rings. The minimum atomic E-state index is -0.0651. The molecule has 3 heterocycles. The van der Waals surface area contributed by atoms with Gasteiger partial charge in [0, 0.05) is 39.3 Å². The first-order valence-corrected chi connectivity index (χ1v) is 8.86. The van der Waals surface area contributed by atoms with Crippen LogP contribution in [0.3, 0.4) is 0 Å². The lowest BCUT2D eigenvalue weighted by Gasteiger charge is -2.38. The Hall–Kier alpha value is -1.82. The quantitative estimate of drug-likeness (QED) is 0.842. The third kappa shape index (κ3) is 3.98. The summed E-state index contributed by atoms with van der Waals surface area (Å²) in [5.41, 5.74) is 0. The molecule has 0 bridgehead atoms. The van der Waals surface area contributed by atoms with Gasteiger partial charge in [0.05, 0.1) is 12.8 Å². The lowest BCUT2D eigenvalue weighted by atomic mass is 9.92. The van der Waals surface area contributed by atoms with Gasteiger partial charge in [0.2, 0.25) is 5.91 Å². The zero-order chi connectivity index (χ0) is 17.1. The number of likely N-dealkylation sites (tertiary alicyclic amines) is 1. The number of furan rings is 1. The summed E-state index contributed by atoms with van der Waals surface area (Å²) in [6.07, 6.45) is 2.72. The number of amides is 2. The SMILES string of the molecule is CC1CC(C)CN(C(=O)CN2CCN(C(=O)c3ccco3)CC2)C1. The molecule has 0 aromatic carbocycles. The summed E-state index contributed by atoms with van der Waals surface area (Å²) in [6, 6.07) is 3.42. The number of nitrogens with zero attached hydrogens (tertiary/aromatic N) is 3. The standard InChI is InChI=1S/C18H27N3O3/c1-14-10-15(2)12-21(11-14)17(22)13-19-5-7-20(8-6-19)18(23)16-4-3-9-24-16/h3-4,9,14-15H,5-8,10-13H2,1-2H3. The molecule has 132 valence electrons. The van der Waals surface area contributed by atoms with Gasteiger partial charge in [0.25, 0.3) is 5.91 Å². The molecule has 0 radical (unpaired) electrons. The summed E-state index contributed by atoms with van der Waals surface area (Å²) in [6.45, 7) is 9.39. The molecule has 2 atom stereocenters. The van der Waals surface area contributed by atoms with Crippen LogP contribution in [0.25, 0.3) is 0 Å². The van der Waals surface area contributed by atoms with Crippen molar-refractivity contribution >= 4 is 11.8 Å². The number of carbonyl (C=O) groups is 2. The Kier molecular flexibility index (Phi) is 5.23. The van der Waals surface area contributed by atoms with Gasteiger partial charge in [-0.2, -0.15) is 0 Å². The molecule has 1 aromatic heterocycles. The van der Waals surface area contributed by atoms with Crippen molar-refractivity contribution in [3.63, 3.8) is 0 Å². The Bertz CT molecular complexity index is 554. The Morgan fingerprint density at radius 1 is 1.08 bits per heavy atom. The molecule has 6 nitrogen and oxygen atoms in total. The lowest BCUT2D eigenvalue weighted by molar-refractivity contribution is -0.135. The van der Waals surface area contributed by atoms with Crippen LogP contribution >= 0.6 is 0 Å². The predicted molar refractivity (Wildman–Crippen MR) is 90.6 cm³/mol. The fraction of sp³-hybridized carbons (Fsp3) is 0.667. The van der Waals surface area contributed by atoms with Crippen LogP contribution in [0.15, 0.2) is 22.8 Å². The number of piperazine rings is 1. The fourth-order valence-corrected chi connectivity index (χ4v) is 3.82. The van der Waals surface area contributed by atoms with Crippen LogP contribution in [-0.2, 0) is 4.79 Å². The van der Waals surface area contributed by atoms with Crippen molar-refractivity contribution in [1.82, 2.24) is 14.7 Å². The lowest BCUT2D eigenvalue weighted by Crippen LogP contribution is -2.53. The van der Waals surface area contributed by atoms with Gasteiger partial charge in [-0.3, -0.25) is 14.5 Å². The molecule has 0 saturated carbocycles. The number of piperidine rings is 1. The summed E-state index contributed by atoms with van der Waals surface area (Å²) in [7, 11) is 0. The van der Waals surface area contributed by atoms with Gasteiger partial charge >= 0.3 is 0 Å². The summed E-state index contributed by atoms with van der Waals surface area (Å²) in [5.74, 6) is 1.71. The highest BCUT2D eigenvalue weighted by atomic mass is 16.3. The van der Waals surface area contributed by atoms with Gasteiger partial charge in [-0.25, -0.2) is 0 Å². The van der Waals surface area contributed by atoms with Gasteiger partial charge in [-0.1, -0.05) is 13.8 Å². The first-order valence-electron chi connectivity index (χ1n) is 8.86. The minimum absolute atomic E-state index is 0.0651. The molecule has 0 spiro atoms. The zero-order valence-corrected chi connectivity index (χ0v) is 14.6. The van der Waals surface area contributed by atoms with E-state index in [4.69, 9.17) is 4.42 Å². The predicted octanol–water partition coefficient (Wildman–Crippen LogP) is 1.54. The van der Waals surface area contributed by atoms with E-state index in [2.05, 4.69) is 18.7 Å². The first kappa shape index (κ1) is 17.0. The van der Waals surface area contributed by atoms with E-state index in [1.54, 1.807) is 17.0 Å². The smallest absolute Gasteiger partial charge is 0.289 e. The number of hydrogen-bond acceptors (Lipinski definition) is 4. The summed E-state index contributed by atoms with van der Waals surface area (Å²) < 4.78 is 5.17. The van der Waals surface area contributed by atoms with Crippen molar-refractivity contribution in [3.8, 4) is 0 Å². The molecule has 1 aromatic rings. The van der Waals surface area contributed by atoms with Gasteiger partial charge < -0.3 is 14.2 Å². The molecule has 24 heavy (non-hydrogen) atoms. The van der Waals surface area contributed by atoms with Crippen LogP contribution in [0.4, 0.5) is 0 Å². The Morgan fingerprint density at radius 3 is 2.33 bits per heavy atom. The largest absolute Gasteiger partial charge is 0.459 e. The van der Waals surface area contributed by atoms with Crippen LogP contribution < -0.4 is 0 Å². The molecule has 2 saturated heterocycles. The molecular weight excluding hydrogens is 306 g/mol. The van der Waals surface area contributed by atoms with Crippen LogP contribution in [0.1, 0.15) is 30.8 Å². The first-order chi connectivity index (χ1) is 11.5. The molecule has 2 aliphatic rings. The van der Waals surface area contributed by atoms with Gasteiger partial charge in [-0.05, 0) is 30.4 Å². The molecule has 6 heteroatoms. The number of carbonyl (C=O) groups excluding carboxylic acids is 2. The number of rotatable bonds is 3. The van der Waals surface area contributed by atoms with Crippen LogP contribution in [-0.4, -0.2) is 72.3 Å². The molecule has 0 N–H and O–H groups in total. The van der Waals surface area contributed by atoms with Crippen molar-refractivity contribution in [2.45, 2.75) is 20.3 Å². The monoisotopic (exact) mass is 333 g/mol. The summed E-state index contributed by atoms with van der Waals surface area (Å²) in [5, 5.41) is 0. The Balaban J connectivity index is 1.47. The highest BCUT2D eigenvalue weighted by Crippen LogP contribution is 2.21. The number of hydrogen-bond donors (Lipinski definition) is 0. The van der Waals surface area contributed by atoms with Gasteiger partial charge in [0.1, 0.15) is 0 Å². The van der Waals surface area contributed by atoms with E-state index in [9.17, 15) is 9.59 Å². The normalized spacial score (nSPS) is 25.8. The van der Waals surface area contributed by atoms with Crippen molar-refractivity contribution in [1.29, 1.82) is 0 Å². The Morgan fingerprint density at radius 2 is 1.75 bits per heavy atom. The topological polar surface area (TPSA) is 57.0 Å². The zero-order valence-electron chi connectivity index (χ0n) is 14.6. The van der Waals surface area contributed by atoms with Crippen molar-refractivity contribution < 1.29 is 14.0 Å². The third-order valence-electron chi connectivity index (χ3n) is 4.97. The maximum atomic E-state index is 12.5. The van der Waals surface area contributed by atoms with E-state index in [-0.39, 0.29) is 11.8 Å². The Labute approximate surface area is 143 Å². The molecule has 2 unspecified atom stereocenters. The van der Waals surface area contributed by atoms with E-state index in [0.29, 0.717) is 37.2 Å². The van der Waals surface area contributed by atoms with Gasteiger partial charge in [-0.15, -0.1) is 0 Å². The van der Waals surface area contributed by atoms with Gasteiger partial charge in [0.15, 0.2) is 5.76 Å². The second-order valence-corrected chi connectivity index (χ2v) is 7.29. The maximum absolute atomic E-state index is 12.5. The van der Waals surface area contributed by atoms with E-state index < -0.39 is 0 Å². The molecular formula is C18H27N3O3. The highest BCUT2D eigenvalue weighted by Gasteiger charge is 2.28. The van der Waals surface area contributed by atoms with Crippen LogP contribution in [0.2, 0.25) is 0 Å². The molecule has 2 amide bonds. The highest BCUT2D eigenvalue weighted by molar-refractivity contribution is 5.91. The van der Waals surface area contributed by atoms with E-state index in [0.717, 1.165) is 26.2 Å². The molecule has 3 rings (SSSR count). The molecule has 0 aliphatic carbocycles. The summed E-state index contributed by atoms with van der Waals surface area (Å²) in [4.78, 5) is 30.8. The van der Waals surface area contributed by atoms with E-state index in [1.165, 1.54) is 12.7 Å². The van der Waals surface area contributed by atoms with E-state index in [1.807, 2.05) is 4.90 Å². The fourth-order valence-electron chi connectivity index (χ4n) is 3.82. The van der Waals surface area contributed by atoms with Crippen molar-refractivity contribution in [3.05, 3.63) is 24.2 Å². The van der Waals surface area contributed by atoms with Crippen LogP contribution in [0, 0.1) is 11.8 Å². The van der Waals surface area contributed by atoms with Crippen molar-refractivity contribution in [2.75, 3.05) is 45.8 Å². The average Bonchev–Trinajstić information content (AvgIpc) is 3.08. The minimum Gasteiger partial charge on any atom is -0.459 e. The second kappa shape index (κ2) is 7.38. The maximum Gasteiger partial charge on any atom is 0.289 e. The van der Waals surface area contributed by atoms with E-state index >= 15 is 0 Å². The second-order valence-electron chi connectivity index (χ2n) is 7.29. The third-order valence-corrected chi connectivity index (χ3v) is 4.97. The molecule has 2 aliphatic heterocycles. The summed E-state index contributed by atoms with van der Waals surface area (Å²) >= 11 is 0. The van der Waals surface area contributed by atoms with Crippen molar-refractivity contribution in [2.24, 2.45) is 11.8 Å².